The summed E-state index contributed by atoms with van der Waals surface area (Å²) in [6.45, 7) is 2.32. The zero-order chi connectivity index (χ0) is 13.6. The smallest absolute Gasteiger partial charge is 0.244 e. The number of unbranched alkanes of at least 4 members (excludes halogenated alkanes) is 1. The van der Waals surface area contributed by atoms with Crippen LogP contribution in [0.15, 0.2) is 27.8 Å². The van der Waals surface area contributed by atoms with Crippen LogP contribution in [0.3, 0.4) is 0 Å². The number of halogens is 1. The third-order valence-electron chi connectivity index (χ3n) is 2.43. The lowest BCUT2D eigenvalue weighted by Gasteiger charge is -2.20. The summed E-state index contributed by atoms with van der Waals surface area (Å²) in [7, 11) is -3.58. The molecule has 1 aromatic heterocycles. The van der Waals surface area contributed by atoms with E-state index in [1.165, 1.54) is 22.8 Å². The van der Waals surface area contributed by atoms with Gasteiger partial charge in [0.2, 0.25) is 10.0 Å². The summed E-state index contributed by atoms with van der Waals surface area (Å²) in [6.07, 6.45) is 4.51. The van der Waals surface area contributed by atoms with E-state index in [4.69, 9.17) is 5.11 Å². The van der Waals surface area contributed by atoms with Crippen molar-refractivity contribution in [1.82, 2.24) is 9.29 Å². The van der Waals surface area contributed by atoms with Crippen molar-refractivity contribution in [1.29, 1.82) is 0 Å². The summed E-state index contributed by atoms with van der Waals surface area (Å²) >= 11 is 3.20. The Hall–Kier alpha value is -0.500. The Bertz CT molecular complexity index is 479. The molecule has 0 radical (unpaired) electrons. The van der Waals surface area contributed by atoms with Crippen LogP contribution < -0.4 is 0 Å². The van der Waals surface area contributed by atoms with E-state index in [-0.39, 0.29) is 18.0 Å². The first-order chi connectivity index (χ1) is 8.52. The summed E-state index contributed by atoms with van der Waals surface area (Å²) < 4.78 is 26.6. The van der Waals surface area contributed by atoms with Gasteiger partial charge in [0, 0.05) is 30.0 Å². The van der Waals surface area contributed by atoms with Crippen LogP contribution in [-0.4, -0.2) is 42.5 Å². The van der Waals surface area contributed by atoms with Crippen molar-refractivity contribution in [3.63, 3.8) is 0 Å². The molecule has 0 fully saturated rings. The van der Waals surface area contributed by atoms with Gasteiger partial charge in [0.1, 0.15) is 4.90 Å². The average Bonchev–Trinajstić information content (AvgIpc) is 2.34. The summed E-state index contributed by atoms with van der Waals surface area (Å²) in [5.41, 5.74) is 0. The van der Waals surface area contributed by atoms with Gasteiger partial charge >= 0.3 is 0 Å². The van der Waals surface area contributed by atoms with E-state index in [1.54, 1.807) is 0 Å². The fourth-order valence-electron chi connectivity index (χ4n) is 1.48. The van der Waals surface area contributed by atoms with Crippen molar-refractivity contribution in [3.8, 4) is 0 Å². The van der Waals surface area contributed by atoms with Crippen molar-refractivity contribution in [2.75, 3.05) is 19.7 Å². The van der Waals surface area contributed by atoms with E-state index in [1.807, 2.05) is 6.92 Å². The Balaban J connectivity index is 3.00. The third kappa shape index (κ3) is 4.01. The first-order valence-corrected chi connectivity index (χ1v) is 7.97. The molecule has 1 aromatic rings. The van der Waals surface area contributed by atoms with E-state index in [9.17, 15) is 8.42 Å². The lowest BCUT2D eigenvalue weighted by Crippen LogP contribution is -2.34. The Morgan fingerprint density at radius 2 is 2.11 bits per heavy atom. The van der Waals surface area contributed by atoms with Crippen LogP contribution in [0.1, 0.15) is 19.8 Å². The van der Waals surface area contributed by atoms with E-state index in [0.717, 1.165) is 12.8 Å². The molecule has 0 saturated heterocycles. The van der Waals surface area contributed by atoms with Crippen LogP contribution in [0.5, 0.6) is 0 Å². The van der Waals surface area contributed by atoms with E-state index in [2.05, 4.69) is 20.9 Å². The number of aromatic nitrogens is 1. The van der Waals surface area contributed by atoms with E-state index >= 15 is 0 Å². The first-order valence-electron chi connectivity index (χ1n) is 5.74. The average molecular weight is 337 g/mol. The maximum absolute atomic E-state index is 12.3. The summed E-state index contributed by atoms with van der Waals surface area (Å²) in [4.78, 5) is 4.00. The van der Waals surface area contributed by atoms with Crippen LogP contribution in [0.4, 0.5) is 0 Å². The predicted octanol–water partition coefficient (Wildman–Crippen LogP) is 1.63. The molecule has 1 N–H and O–H groups in total. The highest BCUT2D eigenvalue weighted by Gasteiger charge is 2.23. The maximum atomic E-state index is 12.3. The number of hydrogen-bond acceptors (Lipinski definition) is 4. The Morgan fingerprint density at radius 1 is 1.39 bits per heavy atom. The quantitative estimate of drug-likeness (QED) is 0.821. The van der Waals surface area contributed by atoms with Gasteiger partial charge in [0.25, 0.3) is 0 Å². The van der Waals surface area contributed by atoms with Gasteiger partial charge in [-0.1, -0.05) is 13.3 Å². The molecule has 0 saturated carbocycles. The lowest BCUT2D eigenvalue weighted by atomic mass is 10.3. The Kier molecular flexibility index (Phi) is 6.20. The third-order valence-corrected chi connectivity index (χ3v) is 4.73. The minimum atomic E-state index is -3.58. The molecule has 0 aliphatic heterocycles. The zero-order valence-electron chi connectivity index (χ0n) is 10.2. The summed E-state index contributed by atoms with van der Waals surface area (Å²) in [6, 6.07) is 1.51. The number of nitrogens with zero attached hydrogens (tertiary/aromatic N) is 2. The molecular formula is C11H17BrN2O3S. The van der Waals surface area contributed by atoms with Crippen LogP contribution in [0, 0.1) is 0 Å². The van der Waals surface area contributed by atoms with Crippen LogP contribution in [0.2, 0.25) is 0 Å². The van der Waals surface area contributed by atoms with Gasteiger partial charge in [-0.25, -0.2) is 8.42 Å². The molecule has 102 valence electrons. The minimum absolute atomic E-state index is 0.106. The number of hydrogen-bond donors (Lipinski definition) is 1. The van der Waals surface area contributed by atoms with E-state index in [0.29, 0.717) is 11.0 Å². The molecule has 0 aromatic carbocycles. The summed E-state index contributed by atoms with van der Waals surface area (Å²) in [5.74, 6) is 0. The second-order valence-corrected chi connectivity index (χ2v) is 6.67. The van der Waals surface area contributed by atoms with Crippen LogP contribution in [-0.2, 0) is 10.0 Å². The SMILES string of the molecule is CCCCN(CCO)S(=O)(=O)c1cncc(Br)c1. The normalized spacial score (nSPS) is 12.0. The molecule has 1 rings (SSSR count). The van der Waals surface area contributed by atoms with Crippen molar-refractivity contribution in [3.05, 3.63) is 22.9 Å². The lowest BCUT2D eigenvalue weighted by molar-refractivity contribution is 0.252. The fraction of sp³-hybridized carbons (Fsp3) is 0.545. The largest absolute Gasteiger partial charge is 0.395 e. The van der Waals surface area contributed by atoms with Gasteiger partial charge in [-0.2, -0.15) is 4.31 Å². The van der Waals surface area contributed by atoms with Gasteiger partial charge in [-0.05, 0) is 28.4 Å². The molecule has 0 spiro atoms. The highest BCUT2D eigenvalue weighted by Crippen LogP contribution is 2.18. The molecule has 18 heavy (non-hydrogen) atoms. The van der Waals surface area contributed by atoms with Crippen LogP contribution >= 0.6 is 15.9 Å². The number of rotatable bonds is 7. The number of aliphatic hydroxyl groups is 1. The number of pyridine rings is 1. The van der Waals surface area contributed by atoms with Crippen molar-refractivity contribution in [2.45, 2.75) is 24.7 Å². The fourth-order valence-corrected chi connectivity index (χ4v) is 3.46. The molecule has 0 atom stereocenters. The number of aliphatic hydroxyl groups excluding tert-OH is 1. The van der Waals surface area contributed by atoms with Gasteiger partial charge in [0.15, 0.2) is 0 Å². The Labute approximate surface area is 116 Å². The van der Waals surface area contributed by atoms with Gasteiger partial charge in [-0.15, -0.1) is 0 Å². The topological polar surface area (TPSA) is 70.5 Å². The maximum Gasteiger partial charge on any atom is 0.244 e. The molecule has 0 bridgehead atoms. The monoisotopic (exact) mass is 336 g/mol. The van der Waals surface area contributed by atoms with Crippen molar-refractivity contribution >= 4 is 26.0 Å². The highest BCUT2D eigenvalue weighted by molar-refractivity contribution is 9.10. The van der Waals surface area contributed by atoms with Gasteiger partial charge in [0.05, 0.1) is 6.61 Å². The van der Waals surface area contributed by atoms with Crippen molar-refractivity contribution in [2.24, 2.45) is 0 Å². The number of sulfonamides is 1. The standard InChI is InChI=1S/C11H17BrN2O3S/c1-2-3-4-14(5-6-15)18(16,17)11-7-10(12)8-13-9-11/h7-9,15H,2-6H2,1H3. The highest BCUT2D eigenvalue weighted by atomic mass is 79.9. The minimum Gasteiger partial charge on any atom is -0.395 e. The molecule has 0 aliphatic rings. The molecule has 1 heterocycles. The molecule has 5 nitrogen and oxygen atoms in total. The Morgan fingerprint density at radius 3 is 2.67 bits per heavy atom. The molecule has 0 unspecified atom stereocenters. The second-order valence-electron chi connectivity index (χ2n) is 3.82. The van der Waals surface area contributed by atoms with Gasteiger partial charge in [-0.3, -0.25) is 4.98 Å². The zero-order valence-corrected chi connectivity index (χ0v) is 12.6. The van der Waals surface area contributed by atoms with Crippen molar-refractivity contribution < 1.29 is 13.5 Å². The van der Waals surface area contributed by atoms with E-state index < -0.39 is 10.0 Å². The predicted molar refractivity (Wildman–Crippen MR) is 72.7 cm³/mol. The molecule has 0 aliphatic carbocycles. The summed E-state index contributed by atoms with van der Waals surface area (Å²) in [5, 5.41) is 8.97. The molecule has 7 heteroatoms. The molecule has 0 amide bonds. The molecular weight excluding hydrogens is 320 g/mol. The van der Waals surface area contributed by atoms with Crippen LogP contribution in [0.25, 0.3) is 0 Å². The van der Waals surface area contributed by atoms with Gasteiger partial charge < -0.3 is 5.11 Å². The second kappa shape index (κ2) is 7.18. The first kappa shape index (κ1) is 15.6.